The third kappa shape index (κ3) is 4.52. The maximum Gasteiger partial charge on any atom is 0.146 e. The van der Waals surface area contributed by atoms with Crippen LogP contribution in [0.4, 0.5) is 5.82 Å². The van der Waals surface area contributed by atoms with Gasteiger partial charge in [-0.15, -0.1) is 10.2 Å². The van der Waals surface area contributed by atoms with Crippen molar-refractivity contribution in [1.29, 1.82) is 0 Å². The highest BCUT2D eigenvalue weighted by atomic mass is 16.3. The molecule has 0 unspecified atom stereocenters. The van der Waals surface area contributed by atoms with E-state index in [1.54, 1.807) is 26.0 Å². The lowest BCUT2D eigenvalue weighted by molar-refractivity contribution is 0.0729. The number of nitrogens with two attached hydrogens (primary N) is 1. The van der Waals surface area contributed by atoms with Crippen LogP contribution in [0.25, 0.3) is 22.5 Å². The zero-order chi connectivity index (χ0) is 24.5. The molecule has 7 heteroatoms. The van der Waals surface area contributed by atoms with Gasteiger partial charge in [-0.05, 0) is 68.7 Å². The van der Waals surface area contributed by atoms with E-state index in [4.69, 9.17) is 10.7 Å². The molecule has 4 aromatic rings. The van der Waals surface area contributed by atoms with Crippen molar-refractivity contribution in [1.82, 2.24) is 25.4 Å². The molecule has 1 aromatic carbocycles. The molecule has 0 aliphatic rings. The van der Waals surface area contributed by atoms with Gasteiger partial charge in [-0.3, -0.25) is 4.98 Å². The predicted octanol–water partition coefficient (Wildman–Crippen LogP) is 4.77. The van der Waals surface area contributed by atoms with Crippen molar-refractivity contribution < 1.29 is 5.11 Å². The van der Waals surface area contributed by atoms with Crippen LogP contribution in [0.1, 0.15) is 51.6 Å². The highest BCUT2D eigenvalue weighted by Gasteiger charge is 2.34. The Morgan fingerprint density at radius 1 is 0.706 bits per heavy atom. The topological polar surface area (TPSA) is 111 Å². The smallest absolute Gasteiger partial charge is 0.146 e. The lowest BCUT2D eigenvalue weighted by atomic mass is 9.70. The number of pyridine rings is 1. The van der Waals surface area contributed by atoms with Gasteiger partial charge in [-0.1, -0.05) is 38.1 Å². The van der Waals surface area contributed by atoms with E-state index in [1.807, 2.05) is 24.4 Å². The molecule has 0 saturated heterocycles. The summed E-state index contributed by atoms with van der Waals surface area (Å²) >= 11 is 0. The molecule has 3 aromatic heterocycles. The van der Waals surface area contributed by atoms with Crippen LogP contribution >= 0.6 is 0 Å². The maximum atomic E-state index is 10.1. The fraction of sp³-hybridized carbons (Fsp3) is 0.296. The average Bonchev–Trinajstić information content (AvgIpc) is 2.84. The fourth-order valence-corrected chi connectivity index (χ4v) is 3.93. The van der Waals surface area contributed by atoms with Crippen molar-refractivity contribution in [3.8, 4) is 22.5 Å². The van der Waals surface area contributed by atoms with Gasteiger partial charge in [0.05, 0.1) is 22.8 Å². The van der Waals surface area contributed by atoms with Crippen LogP contribution in [0, 0.1) is 5.92 Å². The number of anilines is 1. The first kappa shape index (κ1) is 23.4. The van der Waals surface area contributed by atoms with Crippen LogP contribution < -0.4 is 5.73 Å². The summed E-state index contributed by atoms with van der Waals surface area (Å²) in [5.41, 5.74) is 10.4. The minimum absolute atomic E-state index is 0.291. The molecule has 0 radical (unpaired) electrons. The molecule has 174 valence electrons. The third-order valence-corrected chi connectivity index (χ3v) is 6.50. The van der Waals surface area contributed by atoms with Crippen LogP contribution in [0.2, 0.25) is 0 Å². The SMILES string of the molecule is CC(C)[C@](C)(c1ccc(-c2ccc(N)nn2)cc1)c1ccc(-c2ccc(C(C)(C)O)nn2)cn1. The molecule has 0 fully saturated rings. The number of hydrogen-bond donors (Lipinski definition) is 2. The monoisotopic (exact) mass is 454 g/mol. The molecule has 0 saturated carbocycles. The number of rotatable bonds is 6. The summed E-state index contributed by atoms with van der Waals surface area (Å²) < 4.78 is 0. The highest BCUT2D eigenvalue weighted by molar-refractivity contribution is 5.61. The summed E-state index contributed by atoms with van der Waals surface area (Å²) in [6.45, 7) is 10.0. The van der Waals surface area contributed by atoms with Crippen molar-refractivity contribution >= 4 is 5.82 Å². The summed E-state index contributed by atoms with van der Waals surface area (Å²) in [7, 11) is 0. The Morgan fingerprint density at radius 3 is 1.79 bits per heavy atom. The molecule has 34 heavy (non-hydrogen) atoms. The molecule has 0 amide bonds. The van der Waals surface area contributed by atoms with Crippen LogP contribution in [0.15, 0.2) is 66.9 Å². The Balaban J connectivity index is 1.63. The molecule has 4 rings (SSSR count). The summed E-state index contributed by atoms with van der Waals surface area (Å²) in [5, 5.41) is 26.7. The normalized spacial score (nSPS) is 13.6. The van der Waals surface area contributed by atoms with Crippen LogP contribution in [0.3, 0.4) is 0 Å². The first-order valence-corrected chi connectivity index (χ1v) is 11.3. The van der Waals surface area contributed by atoms with Crippen molar-refractivity contribution in [2.45, 2.75) is 45.6 Å². The summed E-state index contributed by atoms with van der Waals surface area (Å²) in [5.74, 6) is 0.709. The minimum Gasteiger partial charge on any atom is -0.384 e. The Morgan fingerprint density at radius 2 is 1.29 bits per heavy atom. The first-order valence-electron chi connectivity index (χ1n) is 11.3. The van der Waals surface area contributed by atoms with Gasteiger partial charge in [0.1, 0.15) is 11.4 Å². The van der Waals surface area contributed by atoms with Crippen LogP contribution in [-0.4, -0.2) is 30.5 Å². The summed E-state index contributed by atoms with van der Waals surface area (Å²) in [4.78, 5) is 4.83. The summed E-state index contributed by atoms with van der Waals surface area (Å²) in [6, 6.07) is 19.7. The second kappa shape index (κ2) is 8.91. The quantitative estimate of drug-likeness (QED) is 0.432. The summed E-state index contributed by atoms with van der Waals surface area (Å²) in [6.07, 6.45) is 1.84. The number of nitrogen functional groups attached to an aromatic ring is 1. The lowest BCUT2D eigenvalue weighted by Gasteiger charge is -2.34. The predicted molar refractivity (Wildman–Crippen MR) is 134 cm³/mol. The zero-order valence-electron chi connectivity index (χ0n) is 20.2. The van der Waals surface area contributed by atoms with E-state index < -0.39 is 5.60 Å². The number of aromatic nitrogens is 5. The van der Waals surface area contributed by atoms with Crippen molar-refractivity contribution in [2.75, 3.05) is 5.73 Å². The molecule has 0 spiro atoms. The zero-order valence-corrected chi connectivity index (χ0v) is 20.2. The Bertz CT molecular complexity index is 1250. The van der Waals surface area contributed by atoms with Gasteiger partial charge in [-0.2, -0.15) is 10.2 Å². The van der Waals surface area contributed by atoms with Crippen molar-refractivity contribution in [3.63, 3.8) is 0 Å². The van der Waals surface area contributed by atoms with Gasteiger partial charge in [-0.25, -0.2) is 0 Å². The number of hydrogen-bond acceptors (Lipinski definition) is 7. The molecule has 3 N–H and O–H groups in total. The van der Waals surface area contributed by atoms with Gasteiger partial charge in [0.25, 0.3) is 0 Å². The molecule has 1 atom stereocenters. The lowest BCUT2D eigenvalue weighted by Crippen LogP contribution is -2.31. The Kier molecular flexibility index (Phi) is 6.15. The molecule has 3 heterocycles. The molecule has 0 bridgehead atoms. The minimum atomic E-state index is -1.03. The molecular formula is C27H30N6O. The molecule has 0 aliphatic heterocycles. The van der Waals surface area contributed by atoms with Gasteiger partial charge in [0, 0.05) is 22.7 Å². The highest BCUT2D eigenvalue weighted by Crippen LogP contribution is 2.39. The maximum absolute atomic E-state index is 10.1. The van der Waals surface area contributed by atoms with E-state index in [-0.39, 0.29) is 5.41 Å². The molecule has 7 nitrogen and oxygen atoms in total. The Labute approximate surface area is 200 Å². The Hall–Kier alpha value is -3.71. The average molecular weight is 455 g/mol. The van der Waals surface area contributed by atoms with E-state index in [9.17, 15) is 5.11 Å². The van der Waals surface area contributed by atoms with E-state index in [0.717, 1.165) is 22.5 Å². The second-order valence-electron chi connectivity index (χ2n) is 9.57. The number of aliphatic hydroxyl groups is 1. The van der Waals surface area contributed by atoms with E-state index in [2.05, 4.69) is 71.5 Å². The second-order valence-corrected chi connectivity index (χ2v) is 9.57. The van der Waals surface area contributed by atoms with E-state index >= 15 is 0 Å². The first-order chi connectivity index (χ1) is 16.1. The van der Waals surface area contributed by atoms with E-state index in [1.165, 1.54) is 5.56 Å². The van der Waals surface area contributed by atoms with Gasteiger partial charge in [0.15, 0.2) is 0 Å². The molecule has 0 aliphatic carbocycles. The number of nitrogens with zero attached hydrogens (tertiary/aromatic N) is 5. The number of benzene rings is 1. The van der Waals surface area contributed by atoms with Crippen LogP contribution in [-0.2, 0) is 11.0 Å². The largest absolute Gasteiger partial charge is 0.384 e. The van der Waals surface area contributed by atoms with Crippen molar-refractivity contribution in [2.24, 2.45) is 5.92 Å². The van der Waals surface area contributed by atoms with Crippen LogP contribution in [0.5, 0.6) is 0 Å². The fourth-order valence-electron chi connectivity index (χ4n) is 3.93. The third-order valence-electron chi connectivity index (χ3n) is 6.50. The van der Waals surface area contributed by atoms with Gasteiger partial charge >= 0.3 is 0 Å². The van der Waals surface area contributed by atoms with Gasteiger partial charge < -0.3 is 10.8 Å². The standard InChI is InChI=1S/C27H30N6O/c1-17(2)27(5,20-9-6-18(7-10-20)21-12-15-25(28)33-31-21)24-13-8-19(16-29-24)22-11-14-23(32-30-22)26(3,4)34/h6-17,34H,1-5H3,(H2,28,33)/t27-/m1/s1. The van der Waals surface area contributed by atoms with E-state index in [0.29, 0.717) is 23.1 Å². The van der Waals surface area contributed by atoms with Crippen molar-refractivity contribution in [3.05, 3.63) is 83.8 Å². The molecular weight excluding hydrogens is 424 g/mol. The van der Waals surface area contributed by atoms with Gasteiger partial charge in [0.2, 0.25) is 0 Å².